The van der Waals surface area contributed by atoms with E-state index < -0.39 is 6.43 Å². The van der Waals surface area contributed by atoms with Crippen LogP contribution >= 0.6 is 0 Å². The van der Waals surface area contributed by atoms with Gasteiger partial charge in [-0.05, 0) is 19.4 Å². The lowest BCUT2D eigenvalue weighted by Crippen LogP contribution is -2.38. The molecule has 0 saturated carbocycles. The van der Waals surface area contributed by atoms with Gasteiger partial charge in [-0.2, -0.15) is 0 Å². The summed E-state index contributed by atoms with van der Waals surface area (Å²) >= 11 is 0. The van der Waals surface area contributed by atoms with E-state index in [4.69, 9.17) is 5.73 Å². The predicted molar refractivity (Wildman–Crippen MR) is 39.7 cm³/mol. The quantitative estimate of drug-likeness (QED) is 0.664. The van der Waals surface area contributed by atoms with Crippen LogP contribution in [0, 0.1) is 0 Å². The van der Waals surface area contributed by atoms with Crippen LogP contribution in [0.3, 0.4) is 0 Å². The Morgan fingerprint density at radius 1 is 1.55 bits per heavy atom. The average Bonchev–Trinajstić information content (AvgIpc) is 2.34. The zero-order valence-electron chi connectivity index (χ0n) is 6.47. The van der Waals surface area contributed by atoms with Crippen molar-refractivity contribution >= 4 is 0 Å². The second-order valence-corrected chi connectivity index (χ2v) is 2.92. The molecule has 4 heteroatoms. The van der Waals surface area contributed by atoms with E-state index in [2.05, 4.69) is 0 Å². The maximum absolute atomic E-state index is 11.9. The summed E-state index contributed by atoms with van der Waals surface area (Å²) in [6, 6.07) is 0.198. The number of alkyl halides is 2. The highest BCUT2D eigenvalue weighted by molar-refractivity contribution is 4.79. The first kappa shape index (κ1) is 8.87. The zero-order valence-corrected chi connectivity index (χ0v) is 6.47. The van der Waals surface area contributed by atoms with Crippen LogP contribution < -0.4 is 5.73 Å². The minimum atomic E-state index is -2.22. The van der Waals surface area contributed by atoms with E-state index in [0.717, 1.165) is 19.4 Å². The highest BCUT2D eigenvalue weighted by atomic mass is 19.3. The molecule has 0 radical (unpaired) electrons. The number of hydrogen-bond acceptors (Lipinski definition) is 2. The molecule has 1 saturated heterocycles. The van der Waals surface area contributed by atoms with Gasteiger partial charge >= 0.3 is 0 Å². The summed E-state index contributed by atoms with van der Waals surface area (Å²) in [6.07, 6.45) is -0.236. The predicted octanol–water partition coefficient (Wildman–Crippen LogP) is 0.675. The van der Waals surface area contributed by atoms with E-state index in [0.29, 0.717) is 6.54 Å². The van der Waals surface area contributed by atoms with E-state index in [1.807, 2.05) is 0 Å². The zero-order chi connectivity index (χ0) is 8.27. The Morgan fingerprint density at radius 2 is 2.27 bits per heavy atom. The monoisotopic (exact) mass is 164 g/mol. The Hall–Kier alpha value is -0.220. The van der Waals surface area contributed by atoms with Crippen molar-refractivity contribution < 1.29 is 8.78 Å². The lowest BCUT2D eigenvalue weighted by Gasteiger charge is -2.22. The molecule has 1 atom stereocenters. The molecule has 0 aromatic rings. The van der Waals surface area contributed by atoms with Crippen molar-refractivity contribution in [3.8, 4) is 0 Å². The van der Waals surface area contributed by atoms with Crippen molar-refractivity contribution in [3.05, 3.63) is 0 Å². The summed E-state index contributed by atoms with van der Waals surface area (Å²) in [5.41, 5.74) is 5.41. The molecule has 1 heterocycles. The van der Waals surface area contributed by atoms with Gasteiger partial charge in [-0.1, -0.05) is 0 Å². The van der Waals surface area contributed by atoms with E-state index in [-0.39, 0.29) is 12.6 Å². The maximum atomic E-state index is 11.9. The van der Waals surface area contributed by atoms with Gasteiger partial charge in [0.25, 0.3) is 6.43 Å². The third-order valence-electron chi connectivity index (χ3n) is 2.14. The Balaban J connectivity index is 2.31. The molecule has 2 nitrogen and oxygen atoms in total. The molecule has 0 aromatic carbocycles. The summed E-state index contributed by atoms with van der Waals surface area (Å²) in [5, 5.41) is 0. The Bertz CT molecular complexity index is 119. The lowest BCUT2D eigenvalue weighted by molar-refractivity contribution is 0.0837. The van der Waals surface area contributed by atoms with Crippen LogP contribution in [0.5, 0.6) is 0 Å². The van der Waals surface area contributed by atoms with Gasteiger partial charge in [-0.25, -0.2) is 8.78 Å². The third-order valence-corrected chi connectivity index (χ3v) is 2.14. The van der Waals surface area contributed by atoms with Crippen LogP contribution in [-0.4, -0.2) is 37.0 Å². The van der Waals surface area contributed by atoms with Crippen molar-refractivity contribution in [2.24, 2.45) is 5.73 Å². The number of nitrogens with two attached hydrogens (primary N) is 1. The molecular formula is C7H14F2N2. The van der Waals surface area contributed by atoms with Crippen LogP contribution in [0.15, 0.2) is 0 Å². The van der Waals surface area contributed by atoms with Gasteiger partial charge in [0.2, 0.25) is 0 Å². The molecule has 11 heavy (non-hydrogen) atoms. The van der Waals surface area contributed by atoms with Crippen molar-refractivity contribution in [1.82, 2.24) is 4.90 Å². The molecule has 0 aliphatic carbocycles. The molecule has 0 bridgehead atoms. The first-order valence-electron chi connectivity index (χ1n) is 3.96. The number of nitrogens with zero attached hydrogens (tertiary/aromatic N) is 1. The molecule has 0 spiro atoms. The molecule has 0 aromatic heterocycles. The van der Waals surface area contributed by atoms with Crippen molar-refractivity contribution in [2.75, 3.05) is 19.6 Å². The summed E-state index contributed by atoms with van der Waals surface area (Å²) < 4.78 is 23.8. The summed E-state index contributed by atoms with van der Waals surface area (Å²) in [6.45, 7) is 1.18. The fourth-order valence-electron chi connectivity index (χ4n) is 1.58. The van der Waals surface area contributed by atoms with Crippen LogP contribution in [0.2, 0.25) is 0 Å². The molecule has 1 aliphatic heterocycles. The smallest absolute Gasteiger partial charge is 0.251 e. The fraction of sp³-hybridized carbons (Fsp3) is 1.00. The minimum Gasteiger partial charge on any atom is -0.329 e. The minimum absolute atomic E-state index is 0.109. The number of hydrogen-bond donors (Lipinski definition) is 1. The second kappa shape index (κ2) is 3.97. The van der Waals surface area contributed by atoms with Gasteiger partial charge in [0.15, 0.2) is 0 Å². The van der Waals surface area contributed by atoms with E-state index in [1.165, 1.54) is 0 Å². The van der Waals surface area contributed by atoms with Gasteiger partial charge in [0, 0.05) is 12.6 Å². The Labute approximate surface area is 65.4 Å². The molecule has 2 N–H and O–H groups in total. The van der Waals surface area contributed by atoms with Crippen LogP contribution in [-0.2, 0) is 0 Å². The standard InChI is InChI=1S/C7H14F2N2/c8-7(9)5-11-3-1-2-6(11)4-10/h6-7H,1-5,10H2/t6-/m1/s1. The number of rotatable bonds is 3. The Kier molecular flexibility index (Phi) is 3.20. The average molecular weight is 164 g/mol. The normalized spacial score (nSPS) is 26.7. The maximum Gasteiger partial charge on any atom is 0.251 e. The van der Waals surface area contributed by atoms with E-state index in [9.17, 15) is 8.78 Å². The molecule has 1 aliphatic rings. The van der Waals surface area contributed by atoms with Crippen LogP contribution in [0.25, 0.3) is 0 Å². The summed E-state index contributed by atoms with van der Waals surface area (Å²) in [7, 11) is 0. The largest absolute Gasteiger partial charge is 0.329 e. The fourth-order valence-corrected chi connectivity index (χ4v) is 1.58. The van der Waals surface area contributed by atoms with Crippen LogP contribution in [0.4, 0.5) is 8.78 Å². The van der Waals surface area contributed by atoms with Crippen molar-refractivity contribution in [1.29, 1.82) is 0 Å². The topological polar surface area (TPSA) is 29.3 Å². The molecule has 0 amide bonds. The first-order valence-corrected chi connectivity index (χ1v) is 3.96. The summed E-state index contributed by atoms with van der Waals surface area (Å²) in [5.74, 6) is 0. The molecule has 0 unspecified atom stereocenters. The van der Waals surface area contributed by atoms with E-state index in [1.54, 1.807) is 4.90 Å². The SMILES string of the molecule is NC[C@H]1CCCN1CC(F)F. The number of likely N-dealkylation sites (tertiary alicyclic amines) is 1. The van der Waals surface area contributed by atoms with Gasteiger partial charge in [0.05, 0.1) is 6.54 Å². The van der Waals surface area contributed by atoms with Gasteiger partial charge in [-0.3, -0.25) is 4.90 Å². The molecular weight excluding hydrogens is 150 g/mol. The van der Waals surface area contributed by atoms with Gasteiger partial charge < -0.3 is 5.73 Å². The third kappa shape index (κ3) is 2.38. The number of halogens is 2. The second-order valence-electron chi connectivity index (χ2n) is 2.92. The highest BCUT2D eigenvalue weighted by Gasteiger charge is 2.25. The highest BCUT2D eigenvalue weighted by Crippen LogP contribution is 2.16. The van der Waals surface area contributed by atoms with Gasteiger partial charge in [0.1, 0.15) is 0 Å². The first-order chi connectivity index (χ1) is 5.24. The molecule has 66 valence electrons. The van der Waals surface area contributed by atoms with Crippen molar-refractivity contribution in [2.45, 2.75) is 25.3 Å². The molecule has 1 rings (SSSR count). The van der Waals surface area contributed by atoms with Crippen molar-refractivity contribution in [3.63, 3.8) is 0 Å². The Morgan fingerprint density at radius 3 is 2.82 bits per heavy atom. The van der Waals surface area contributed by atoms with Gasteiger partial charge in [-0.15, -0.1) is 0 Å². The van der Waals surface area contributed by atoms with Crippen LogP contribution in [0.1, 0.15) is 12.8 Å². The summed E-state index contributed by atoms with van der Waals surface area (Å²) in [4.78, 5) is 1.78. The van der Waals surface area contributed by atoms with E-state index >= 15 is 0 Å². The molecule has 1 fully saturated rings. The lowest BCUT2D eigenvalue weighted by atomic mass is 10.2.